The number of hydrogen-bond acceptors (Lipinski definition) is 3. The standard InChI is InChI=1S/C9H11Cl2N3O2/c10-7(11)3-12-9(15)13-8-6(4-16-14-8)5-1-2-5/h4-5,7H,1-3H2,(H2,12,13,14,15). The van der Waals surface area contributed by atoms with Crippen LogP contribution in [-0.2, 0) is 0 Å². The van der Waals surface area contributed by atoms with E-state index in [2.05, 4.69) is 15.8 Å². The highest BCUT2D eigenvalue weighted by Gasteiger charge is 2.29. The molecule has 0 radical (unpaired) electrons. The third-order valence-corrected chi connectivity index (χ3v) is 2.57. The smallest absolute Gasteiger partial charge is 0.320 e. The predicted octanol–water partition coefficient (Wildman–Crippen LogP) is 2.48. The van der Waals surface area contributed by atoms with Gasteiger partial charge in [-0.1, -0.05) is 5.16 Å². The lowest BCUT2D eigenvalue weighted by molar-refractivity contribution is 0.252. The second-order valence-corrected chi connectivity index (χ2v) is 4.90. The number of rotatable bonds is 4. The molecule has 0 bridgehead atoms. The lowest BCUT2D eigenvalue weighted by Gasteiger charge is -2.06. The van der Waals surface area contributed by atoms with E-state index < -0.39 is 4.84 Å². The van der Waals surface area contributed by atoms with Crippen molar-refractivity contribution in [2.24, 2.45) is 0 Å². The lowest BCUT2D eigenvalue weighted by atomic mass is 10.2. The van der Waals surface area contributed by atoms with Crippen molar-refractivity contribution < 1.29 is 9.32 Å². The molecule has 1 aromatic heterocycles. The maximum absolute atomic E-state index is 11.4. The molecule has 0 aliphatic heterocycles. The van der Waals surface area contributed by atoms with Crippen LogP contribution in [0.5, 0.6) is 0 Å². The molecule has 7 heteroatoms. The molecule has 88 valence electrons. The highest BCUT2D eigenvalue weighted by atomic mass is 35.5. The van der Waals surface area contributed by atoms with Crippen LogP contribution >= 0.6 is 23.2 Å². The molecule has 1 aliphatic rings. The summed E-state index contributed by atoms with van der Waals surface area (Å²) in [7, 11) is 0. The van der Waals surface area contributed by atoms with Crippen molar-refractivity contribution in [2.75, 3.05) is 11.9 Å². The van der Waals surface area contributed by atoms with Gasteiger partial charge < -0.3 is 9.84 Å². The van der Waals surface area contributed by atoms with Crippen molar-refractivity contribution >= 4 is 35.1 Å². The van der Waals surface area contributed by atoms with Crippen LogP contribution < -0.4 is 10.6 Å². The van der Waals surface area contributed by atoms with E-state index in [-0.39, 0.29) is 12.6 Å². The van der Waals surface area contributed by atoms with Crippen molar-refractivity contribution in [3.63, 3.8) is 0 Å². The summed E-state index contributed by atoms with van der Waals surface area (Å²) in [6.45, 7) is 0.186. The second-order valence-electron chi connectivity index (χ2n) is 3.62. The van der Waals surface area contributed by atoms with Crippen LogP contribution in [-0.4, -0.2) is 22.6 Å². The summed E-state index contributed by atoms with van der Waals surface area (Å²) < 4.78 is 4.83. The second kappa shape index (κ2) is 4.93. The van der Waals surface area contributed by atoms with E-state index in [0.29, 0.717) is 11.7 Å². The number of alkyl halides is 2. The molecular weight excluding hydrogens is 253 g/mol. The average Bonchev–Trinajstić information content (AvgIpc) is 2.97. The number of hydrogen-bond donors (Lipinski definition) is 2. The lowest BCUT2D eigenvalue weighted by Crippen LogP contribution is -2.32. The van der Waals surface area contributed by atoms with Gasteiger partial charge in [-0.05, 0) is 18.8 Å². The third kappa shape index (κ3) is 3.02. The summed E-state index contributed by atoms with van der Waals surface area (Å²) in [5.41, 5.74) is 0.948. The number of urea groups is 1. The van der Waals surface area contributed by atoms with Crippen LogP contribution in [0.3, 0.4) is 0 Å². The van der Waals surface area contributed by atoms with Gasteiger partial charge in [0.1, 0.15) is 11.1 Å². The Bertz CT molecular complexity index is 377. The number of halogens is 2. The zero-order valence-corrected chi connectivity index (χ0v) is 9.88. The van der Waals surface area contributed by atoms with Gasteiger partial charge in [0.2, 0.25) is 0 Å². The first kappa shape index (κ1) is 11.5. The van der Waals surface area contributed by atoms with E-state index in [1.807, 2.05) is 0 Å². The average molecular weight is 264 g/mol. The number of carbonyl (C=O) groups excluding carboxylic acids is 1. The Balaban J connectivity index is 1.87. The van der Waals surface area contributed by atoms with Gasteiger partial charge in [0.05, 0.1) is 0 Å². The van der Waals surface area contributed by atoms with Crippen molar-refractivity contribution in [1.82, 2.24) is 10.5 Å². The molecular formula is C9H11Cl2N3O2. The number of nitrogens with zero attached hydrogens (tertiary/aromatic N) is 1. The quantitative estimate of drug-likeness (QED) is 0.821. The summed E-state index contributed by atoms with van der Waals surface area (Å²) in [4.78, 5) is 10.8. The fourth-order valence-electron chi connectivity index (χ4n) is 1.34. The summed E-state index contributed by atoms with van der Waals surface area (Å²) in [6.07, 6.45) is 3.80. The molecule has 1 saturated carbocycles. The van der Waals surface area contributed by atoms with Crippen molar-refractivity contribution in [3.05, 3.63) is 11.8 Å². The van der Waals surface area contributed by atoms with Gasteiger partial charge in [-0.15, -0.1) is 23.2 Å². The van der Waals surface area contributed by atoms with Gasteiger partial charge in [-0.2, -0.15) is 0 Å². The van der Waals surface area contributed by atoms with Gasteiger partial charge in [0.15, 0.2) is 5.82 Å². The molecule has 1 heterocycles. The Kier molecular flexibility index (Phi) is 3.56. The minimum atomic E-state index is -0.619. The maximum atomic E-state index is 11.4. The molecule has 0 spiro atoms. The zero-order valence-electron chi connectivity index (χ0n) is 8.37. The first-order valence-corrected chi connectivity index (χ1v) is 5.81. The van der Waals surface area contributed by atoms with Gasteiger partial charge >= 0.3 is 6.03 Å². The zero-order chi connectivity index (χ0) is 11.5. The minimum absolute atomic E-state index is 0.186. The monoisotopic (exact) mass is 263 g/mol. The van der Waals surface area contributed by atoms with E-state index in [0.717, 1.165) is 18.4 Å². The molecule has 0 aromatic carbocycles. The Labute approximate surface area is 102 Å². The molecule has 1 aliphatic carbocycles. The van der Waals surface area contributed by atoms with Crippen molar-refractivity contribution in [2.45, 2.75) is 23.6 Å². The van der Waals surface area contributed by atoms with E-state index in [4.69, 9.17) is 27.7 Å². The topological polar surface area (TPSA) is 67.2 Å². The highest BCUT2D eigenvalue weighted by Crippen LogP contribution is 2.42. The number of aromatic nitrogens is 1. The van der Waals surface area contributed by atoms with Gasteiger partial charge in [-0.25, -0.2) is 4.79 Å². The fraction of sp³-hybridized carbons (Fsp3) is 0.556. The van der Waals surface area contributed by atoms with Crippen molar-refractivity contribution in [3.8, 4) is 0 Å². The Hall–Kier alpha value is -0.940. The fourth-order valence-corrected chi connectivity index (χ4v) is 1.50. The maximum Gasteiger partial charge on any atom is 0.320 e. The Morgan fingerprint density at radius 3 is 3.00 bits per heavy atom. The van der Waals surface area contributed by atoms with Crippen LogP contribution in [0.15, 0.2) is 10.8 Å². The van der Waals surface area contributed by atoms with Crippen LogP contribution in [0.25, 0.3) is 0 Å². The van der Waals surface area contributed by atoms with Crippen LogP contribution in [0, 0.1) is 0 Å². The summed E-state index contributed by atoms with van der Waals surface area (Å²) >= 11 is 11.0. The number of nitrogens with one attached hydrogen (secondary N) is 2. The van der Waals surface area contributed by atoms with E-state index >= 15 is 0 Å². The SMILES string of the molecule is O=C(NCC(Cl)Cl)Nc1nocc1C1CC1. The highest BCUT2D eigenvalue weighted by molar-refractivity contribution is 6.44. The summed E-state index contributed by atoms with van der Waals surface area (Å²) in [6, 6.07) is -0.387. The minimum Gasteiger partial charge on any atom is -0.362 e. The molecule has 1 fully saturated rings. The molecule has 0 atom stereocenters. The van der Waals surface area contributed by atoms with Gasteiger partial charge in [0, 0.05) is 12.1 Å². The van der Waals surface area contributed by atoms with Gasteiger partial charge in [0.25, 0.3) is 0 Å². The first-order valence-electron chi connectivity index (χ1n) is 4.94. The third-order valence-electron chi connectivity index (χ3n) is 2.26. The number of carbonyl (C=O) groups is 1. The Morgan fingerprint density at radius 2 is 2.38 bits per heavy atom. The predicted molar refractivity (Wildman–Crippen MR) is 61.0 cm³/mol. The number of amides is 2. The summed E-state index contributed by atoms with van der Waals surface area (Å²) in [5, 5.41) is 8.84. The summed E-state index contributed by atoms with van der Waals surface area (Å²) in [5.74, 6) is 0.941. The van der Waals surface area contributed by atoms with Crippen LogP contribution in [0.4, 0.5) is 10.6 Å². The molecule has 1 aromatic rings. The molecule has 2 rings (SSSR count). The molecule has 0 saturated heterocycles. The van der Waals surface area contributed by atoms with E-state index in [1.54, 1.807) is 6.26 Å². The molecule has 5 nitrogen and oxygen atoms in total. The van der Waals surface area contributed by atoms with Gasteiger partial charge in [-0.3, -0.25) is 5.32 Å². The molecule has 16 heavy (non-hydrogen) atoms. The Morgan fingerprint density at radius 1 is 1.62 bits per heavy atom. The van der Waals surface area contributed by atoms with Crippen LogP contribution in [0.2, 0.25) is 0 Å². The molecule has 2 N–H and O–H groups in total. The van der Waals surface area contributed by atoms with E-state index in [1.165, 1.54) is 0 Å². The first-order chi connectivity index (χ1) is 7.66. The molecule has 2 amide bonds. The van der Waals surface area contributed by atoms with E-state index in [9.17, 15) is 4.79 Å². The number of anilines is 1. The van der Waals surface area contributed by atoms with Crippen LogP contribution in [0.1, 0.15) is 24.3 Å². The molecule has 0 unspecified atom stereocenters. The van der Waals surface area contributed by atoms with Crippen molar-refractivity contribution in [1.29, 1.82) is 0 Å². The largest absolute Gasteiger partial charge is 0.362 e. The normalized spacial score (nSPS) is 15.2.